The topological polar surface area (TPSA) is 70.5 Å². The Morgan fingerprint density at radius 2 is 2.11 bits per heavy atom. The van der Waals surface area contributed by atoms with Crippen molar-refractivity contribution in [3.63, 3.8) is 0 Å². The molecule has 0 saturated carbocycles. The normalized spacial score (nSPS) is 10.2. The van der Waals surface area contributed by atoms with E-state index in [0.29, 0.717) is 6.42 Å². The van der Waals surface area contributed by atoms with Gasteiger partial charge in [0.1, 0.15) is 6.54 Å². The summed E-state index contributed by atoms with van der Waals surface area (Å²) in [6.07, 6.45) is 1.46. The summed E-state index contributed by atoms with van der Waals surface area (Å²) in [5.74, 6) is -4.83. The number of hydrogen-bond donors (Lipinski definition) is 1. The van der Waals surface area contributed by atoms with Crippen LogP contribution in [0.2, 0.25) is 0 Å². The summed E-state index contributed by atoms with van der Waals surface area (Å²) in [4.78, 5) is 26.5. The lowest BCUT2D eigenvalue weighted by molar-refractivity contribution is -0.137. The molecule has 98 valence electrons. The zero-order valence-electron chi connectivity index (χ0n) is 9.69. The van der Waals surface area contributed by atoms with Gasteiger partial charge >= 0.3 is 5.97 Å². The van der Waals surface area contributed by atoms with Gasteiger partial charge in [-0.15, -0.1) is 0 Å². The summed E-state index contributed by atoms with van der Waals surface area (Å²) < 4.78 is 26.2. The first-order valence-corrected chi connectivity index (χ1v) is 5.28. The predicted molar refractivity (Wildman–Crippen MR) is 58.0 cm³/mol. The minimum absolute atomic E-state index is 0.147. The fraction of sp³-hybridized carbons (Fsp3) is 0.364. The number of amides is 1. The third-order valence-electron chi connectivity index (χ3n) is 2.18. The third kappa shape index (κ3) is 3.22. The van der Waals surface area contributed by atoms with E-state index < -0.39 is 35.7 Å². The van der Waals surface area contributed by atoms with Crippen molar-refractivity contribution in [2.24, 2.45) is 0 Å². The van der Waals surface area contributed by atoms with E-state index in [1.165, 1.54) is 0 Å². The number of nitrogens with zero attached hydrogens (tertiary/aromatic N) is 2. The highest BCUT2D eigenvalue weighted by Gasteiger charge is 2.22. The average molecular weight is 258 g/mol. The molecule has 0 unspecified atom stereocenters. The molecule has 0 aliphatic heterocycles. The van der Waals surface area contributed by atoms with Crippen LogP contribution < -0.4 is 0 Å². The van der Waals surface area contributed by atoms with Gasteiger partial charge in [0.15, 0.2) is 5.82 Å². The van der Waals surface area contributed by atoms with Crippen LogP contribution >= 0.6 is 0 Å². The van der Waals surface area contributed by atoms with Crippen molar-refractivity contribution in [3.8, 4) is 0 Å². The van der Waals surface area contributed by atoms with Gasteiger partial charge in [0, 0.05) is 12.7 Å². The van der Waals surface area contributed by atoms with Crippen LogP contribution in [0.1, 0.15) is 23.7 Å². The molecule has 0 spiro atoms. The van der Waals surface area contributed by atoms with Crippen LogP contribution in [0.25, 0.3) is 0 Å². The molecule has 0 saturated heterocycles. The molecule has 1 rings (SSSR count). The summed E-state index contributed by atoms with van der Waals surface area (Å²) in [6.45, 7) is 1.33. The van der Waals surface area contributed by atoms with Crippen molar-refractivity contribution in [1.82, 2.24) is 9.88 Å². The highest BCUT2D eigenvalue weighted by molar-refractivity contribution is 5.96. The molecule has 0 aromatic carbocycles. The van der Waals surface area contributed by atoms with Crippen molar-refractivity contribution in [2.45, 2.75) is 13.3 Å². The highest BCUT2D eigenvalue weighted by atomic mass is 19.2. The maximum absolute atomic E-state index is 13.4. The molecule has 18 heavy (non-hydrogen) atoms. The minimum Gasteiger partial charge on any atom is -0.480 e. The summed E-state index contributed by atoms with van der Waals surface area (Å²) >= 11 is 0. The van der Waals surface area contributed by atoms with Gasteiger partial charge in [0.2, 0.25) is 5.95 Å². The first-order chi connectivity index (χ1) is 8.47. The van der Waals surface area contributed by atoms with Crippen LogP contribution in [-0.4, -0.2) is 40.0 Å². The molecule has 0 fully saturated rings. The van der Waals surface area contributed by atoms with Gasteiger partial charge in [-0.3, -0.25) is 9.59 Å². The van der Waals surface area contributed by atoms with Gasteiger partial charge in [-0.25, -0.2) is 9.37 Å². The molecular weight excluding hydrogens is 246 g/mol. The lowest BCUT2D eigenvalue weighted by Gasteiger charge is -2.20. The van der Waals surface area contributed by atoms with E-state index in [9.17, 15) is 18.4 Å². The fourth-order valence-corrected chi connectivity index (χ4v) is 1.44. The Kier molecular flexibility index (Phi) is 4.70. The molecule has 1 heterocycles. The molecule has 7 heteroatoms. The smallest absolute Gasteiger partial charge is 0.323 e. The SMILES string of the molecule is CCCN(CC(=O)O)C(=O)c1ccnc(F)c1F. The summed E-state index contributed by atoms with van der Waals surface area (Å²) in [5, 5.41) is 8.66. The van der Waals surface area contributed by atoms with Crippen LogP contribution in [0.15, 0.2) is 12.3 Å². The molecule has 1 aromatic heterocycles. The van der Waals surface area contributed by atoms with E-state index in [4.69, 9.17) is 5.11 Å². The summed E-state index contributed by atoms with van der Waals surface area (Å²) in [7, 11) is 0. The minimum atomic E-state index is -1.38. The average Bonchev–Trinajstić information content (AvgIpc) is 2.31. The van der Waals surface area contributed by atoms with Gasteiger partial charge in [-0.2, -0.15) is 4.39 Å². The van der Waals surface area contributed by atoms with Gasteiger partial charge in [0.25, 0.3) is 5.91 Å². The van der Waals surface area contributed by atoms with Crippen LogP contribution in [0.4, 0.5) is 8.78 Å². The van der Waals surface area contributed by atoms with E-state index in [1.807, 2.05) is 0 Å². The van der Waals surface area contributed by atoms with Crippen LogP contribution in [0.3, 0.4) is 0 Å². The zero-order valence-corrected chi connectivity index (χ0v) is 9.69. The Morgan fingerprint density at radius 1 is 1.44 bits per heavy atom. The number of carbonyl (C=O) groups is 2. The molecule has 0 radical (unpaired) electrons. The maximum atomic E-state index is 13.4. The second-order valence-electron chi connectivity index (χ2n) is 3.58. The third-order valence-corrected chi connectivity index (χ3v) is 2.18. The van der Waals surface area contributed by atoms with E-state index in [0.717, 1.165) is 17.2 Å². The Hall–Kier alpha value is -2.05. The molecule has 1 N–H and O–H groups in total. The number of carboxylic acids is 1. The van der Waals surface area contributed by atoms with Crippen molar-refractivity contribution in [1.29, 1.82) is 0 Å². The van der Waals surface area contributed by atoms with E-state index in [2.05, 4.69) is 4.98 Å². The quantitative estimate of drug-likeness (QED) is 0.808. The molecule has 1 aromatic rings. The first kappa shape index (κ1) is 14.0. The van der Waals surface area contributed by atoms with Gasteiger partial charge < -0.3 is 10.0 Å². The van der Waals surface area contributed by atoms with Gasteiger partial charge in [-0.05, 0) is 12.5 Å². The molecule has 0 aliphatic carbocycles. The second-order valence-corrected chi connectivity index (χ2v) is 3.58. The van der Waals surface area contributed by atoms with E-state index in [-0.39, 0.29) is 6.54 Å². The van der Waals surface area contributed by atoms with Crippen LogP contribution in [0, 0.1) is 11.8 Å². The first-order valence-electron chi connectivity index (χ1n) is 5.28. The highest BCUT2D eigenvalue weighted by Crippen LogP contribution is 2.12. The van der Waals surface area contributed by atoms with Crippen molar-refractivity contribution < 1.29 is 23.5 Å². The van der Waals surface area contributed by atoms with Crippen LogP contribution in [-0.2, 0) is 4.79 Å². The lowest BCUT2D eigenvalue weighted by Crippen LogP contribution is -2.36. The molecule has 5 nitrogen and oxygen atoms in total. The van der Waals surface area contributed by atoms with Gasteiger partial charge in [0.05, 0.1) is 5.56 Å². The lowest BCUT2D eigenvalue weighted by atomic mass is 10.2. The van der Waals surface area contributed by atoms with Crippen molar-refractivity contribution >= 4 is 11.9 Å². The molecule has 0 bridgehead atoms. The van der Waals surface area contributed by atoms with Crippen LogP contribution in [0.5, 0.6) is 0 Å². The standard InChI is InChI=1S/C11H12F2N2O3/c1-2-5-15(6-8(16)17)11(18)7-3-4-14-10(13)9(7)12/h3-4H,2,5-6H2,1H3,(H,16,17). The van der Waals surface area contributed by atoms with E-state index in [1.54, 1.807) is 6.92 Å². The monoisotopic (exact) mass is 258 g/mol. The zero-order chi connectivity index (χ0) is 13.7. The molecule has 1 amide bonds. The fourth-order valence-electron chi connectivity index (χ4n) is 1.44. The Bertz CT molecular complexity index is 466. The number of aromatic nitrogens is 1. The number of aliphatic carboxylic acids is 1. The summed E-state index contributed by atoms with van der Waals surface area (Å²) in [6, 6.07) is 1.02. The summed E-state index contributed by atoms with van der Waals surface area (Å²) in [5.41, 5.74) is -0.516. The van der Waals surface area contributed by atoms with Gasteiger partial charge in [-0.1, -0.05) is 6.92 Å². The Labute approximate surface area is 102 Å². The molecule has 0 atom stereocenters. The number of hydrogen-bond acceptors (Lipinski definition) is 3. The number of carbonyl (C=O) groups excluding carboxylic acids is 1. The van der Waals surface area contributed by atoms with E-state index >= 15 is 0 Å². The predicted octanol–water partition coefficient (Wildman–Crippen LogP) is 1.30. The van der Waals surface area contributed by atoms with Crippen molar-refractivity contribution in [2.75, 3.05) is 13.1 Å². The molecular formula is C11H12F2N2O3. The number of halogens is 2. The number of pyridine rings is 1. The number of carboxylic acid groups (broad SMARTS) is 1. The second kappa shape index (κ2) is 6.04. The molecule has 0 aliphatic rings. The number of rotatable bonds is 5. The van der Waals surface area contributed by atoms with Crippen molar-refractivity contribution in [3.05, 3.63) is 29.6 Å². The Morgan fingerprint density at radius 3 is 2.67 bits per heavy atom. The largest absolute Gasteiger partial charge is 0.480 e. The maximum Gasteiger partial charge on any atom is 0.323 e. The Balaban J connectivity index is 3.01.